The Kier molecular flexibility index (Phi) is 3.54. The highest BCUT2D eigenvalue weighted by Gasteiger charge is 2.17. The molecule has 0 spiro atoms. The third-order valence-electron chi connectivity index (χ3n) is 2.80. The van der Waals surface area contributed by atoms with Gasteiger partial charge in [-0.2, -0.15) is 5.10 Å². The van der Waals surface area contributed by atoms with E-state index >= 15 is 0 Å². The van der Waals surface area contributed by atoms with Gasteiger partial charge in [-0.15, -0.1) is 0 Å². The number of aliphatic hydroxyl groups excluding tert-OH is 1. The molecule has 0 radical (unpaired) electrons. The van der Waals surface area contributed by atoms with Gasteiger partial charge in [0.25, 0.3) is 0 Å². The third kappa shape index (κ3) is 2.47. The maximum absolute atomic E-state index is 13.6. The minimum absolute atomic E-state index is 0.124. The lowest BCUT2D eigenvalue weighted by Crippen LogP contribution is -2.07. The standard InChI is InChI=1S/C12H13ClFN3O/c1-17-12(15)9(6-16-17)11(18)4-7-2-3-8(13)5-10(7)14/h2-3,5-6,11,18H,4,15H2,1H3. The number of rotatable bonds is 3. The average Bonchev–Trinajstić information content (AvgIpc) is 2.64. The van der Waals surface area contributed by atoms with E-state index < -0.39 is 11.9 Å². The van der Waals surface area contributed by atoms with Gasteiger partial charge >= 0.3 is 0 Å². The van der Waals surface area contributed by atoms with E-state index in [4.69, 9.17) is 17.3 Å². The van der Waals surface area contributed by atoms with Gasteiger partial charge in [-0.1, -0.05) is 17.7 Å². The zero-order chi connectivity index (χ0) is 13.3. The molecule has 1 atom stereocenters. The number of nitrogens with zero attached hydrogens (tertiary/aromatic N) is 2. The number of hydrogen-bond acceptors (Lipinski definition) is 3. The van der Waals surface area contributed by atoms with Crippen molar-refractivity contribution in [2.45, 2.75) is 12.5 Å². The summed E-state index contributed by atoms with van der Waals surface area (Å²) in [5.74, 6) is -0.0686. The van der Waals surface area contributed by atoms with Gasteiger partial charge in [0.1, 0.15) is 11.6 Å². The Balaban J connectivity index is 2.21. The minimum atomic E-state index is -0.894. The molecule has 2 rings (SSSR count). The van der Waals surface area contributed by atoms with Crippen LogP contribution in [0.15, 0.2) is 24.4 Å². The van der Waals surface area contributed by atoms with Gasteiger partial charge in [0.05, 0.1) is 12.3 Å². The summed E-state index contributed by atoms with van der Waals surface area (Å²) in [7, 11) is 1.68. The van der Waals surface area contributed by atoms with E-state index in [1.54, 1.807) is 19.2 Å². The number of nitrogen functional groups attached to an aromatic ring is 1. The Morgan fingerprint density at radius 1 is 1.56 bits per heavy atom. The smallest absolute Gasteiger partial charge is 0.127 e. The van der Waals surface area contributed by atoms with Crippen LogP contribution in [0.3, 0.4) is 0 Å². The van der Waals surface area contributed by atoms with Crippen molar-refractivity contribution in [2.75, 3.05) is 5.73 Å². The van der Waals surface area contributed by atoms with E-state index in [-0.39, 0.29) is 6.42 Å². The fourth-order valence-electron chi connectivity index (χ4n) is 1.73. The van der Waals surface area contributed by atoms with E-state index in [2.05, 4.69) is 5.10 Å². The maximum atomic E-state index is 13.6. The first-order valence-corrected chi connectivity index (χ1v) is 5.76. The molecule has 0 bridgehead atoms. The fraction of sp³-hybridized carbons (Fsp3) is 0.250. The Morgan fingerprint density at radius 3 is 2.83 bits per heavy atom. The van der Waals surface area contributed by atoms with Crippen LogP contribution in [0.1, 0.15) is 17.2 Å². The molecule has 6 heteroatoms. The van der Waals surface area contributed by atoms with Crippen LogP contribution in [0.5, 0.6) is 0 Å². The second kappa shape index (κ2) is 4.96. The van der Waals surface area contributed by atoms with Gasteiger partial charge in [0.2, 0.25) is 0 Å². The molecule has 0 aliphatic heterocycles. The summed E-state index contributed by atoms with van der Waals surface area (Å²) in [5, 5.41) is 14.3. The molecule has 1 aromatic heterocycles. The predicted octanol–water partition coefficient (Wildman–Crippen LogP) is 2.07. The van der Waals surface area contributed by atoms with Gasteiger partial charge in [0, 0.05) is 24.1 Å². The molecule has 18 heavy (non-hydrogen) atoms. The van der Waals surface area contributed by atoms with E-state index in [0.717, 1.165) is 0 Å². The first kappa shape index (κ1) is 12.9. The molecule has 0 aliphatic carbocycles. The summed E-state index contributed by atoms with van der Waals surface area (Å²) in [6.45, 7) is 0. The molecular formula is C12H13ClFN3O. The summed E-state index contributed by atoms with van der Waals surface area (Å²) >= 11 is 5.66. The lowest BCUT2D eigenvalue weighted by molar-refractivity contribution is 0.178. The molecule has 1 aromatic carbocycles. The number of nitrogens with two attached hydrogens (primary N) is 1. The Hall–Kier alpha value is -1.59. The molecule has 0 saturated heterocycles. The summed E-state index contributed by atoms with van der Waals surface area (Å²) in [6, 6.07) is 4.35. The molecule has 2 aromatic rings. The first-order valence-electron chi connectivity index (χ1n) is 5.38. The zero-order valence-corrected chi connectivity index (χ0v) is 10.5. The topological polar surface area (TPSA) is 64.1 Å². The highest BCUT2D eigenvalue weighted by molar-refractivity contribution is 6.30. The monoisotopic (exact) mass is 269 g/mol. The molecule has 0 aliphatic rings. The highest BCUT2D eigenvalue weighted by Crippen LogP contribution is 2.25. The van der Waals surface area contributed by atoms with Crippen molar-refractivity contribution in [1.29, 1.82) is 0 Å². The number of aliphatic hydroxyl groups is 1. The van der Waals surface area contributed by atoms with E-state index in [9.17, 15) is 9.50 Å². The molecule has 1 unspecified atom stereocenters. The van der Waals surface area contributed by atoms with Gasteiger partial charge in [-0.3, -0.25) is 4.68 Å². The van der Waals surface area contributed by atoms with Crippen LogP contribution in [-0.2, 0) is 13.5 Å². The first-order chi connectivity index (χ1) is 8.49. The normalized spacial score (nSPS) is 12.7. The average molecular weight is 270 g/mol. The Bertz CT molecular complexity index is 570. The van der Waals surface area contributed by atoms with E-state index in [0.29, 0.717) is 22.0 Å². The summed E-state index contributed by atoms with van der Waals surface area (Å²) in [5.41, 5.74) is 6.62. The van der Waals surface area contributed by atoms with Crippen LogP contribution in [0.25, 0.3) is 0 Å². The predicted molar refractivity (Wildman–Crippen MR) is 67.7 cm³/mol. The Morgan fingerprint density at radius 2 is 2.28 bits per heavy atom. The number of aromatic nitrogens is 2. The third-order valence-corrected chi connectivity index (χ3v) is 3.04. The second-order valence-corrected chi connectivity index (χ2v) is 4.50. The quantitative estimate of drug-likeness (QED) is 0.897. The lowest BCUT2D eigenvalue weighted by atomic mass is 10.0. The van der Waals surface area contributed by atoms with Crippen LogP contribution in [0.4, 0.5) is 10.2 Å². The minimum Gasteiger partial charge on any atom is -0.388 e. The molecule has 4 nitrogen and oxygen atoms in total. The molecular weight excluding hydrogens is 257 g/mol. The fourth-order valence-corrected chi connectivity index (χ4v) is 1.88. The number of hydrogen-bond donors (Lipinski definition) is 2. The maximum Gasteiger partial charge on any atom is 0.127 e. The molecule has 0 saturated carbocycles. The van der Waals surface area contributed by atoms with Crippen molar-refractivity contribution in [2.24, 2.45) is 7.05 Å². The van der Waals surface area contributed by atoms with Crippen molar-refractivity contribution in [3.05, 3.63) is 46.4 Å². The molecule has 96 valence electrons. The summed E-state index contributed by atoms with van der Waals surface area (Å²) in [4.78, 5) is 0. The summed E-state index contributed by atoms with van der Waals surface area (Å²) in [6.07, 6.45) is 0.710. The van der Waals surface area contributed by atoms with Crippen LogP contribution < -0.4 is 5.73 Å². The summed E-state index contributed by atoms with van der Waals surface area (Å²) < 4.78 is 15.0. The number of benzene rings is 1. The lowest BCUT2D eigenvalue weighted by Gasteiger charge is -2.11. The van der Waals surface area contributed by atoms with Crippen molar-refractivity contribution >= 4 is 17.4 Å². The van der Waals surface area contributed by atoms with Gasteiger partial charge in [-0.05, 0) is 17.7 Å². The number of aryl methyl sites for hydroxylation is 1. The van der Waals surface area contributed by atoms with Crippen molar-refractivity contribution in [1.82, 2.24) is 9.78 Å². The molecule has 1 heterocycles. The van der Waals surface area contributed by atoms with Crippen molar-refractivity contribution < 1.29 is 9.50 Å². The molecule has 0 amide bonds. The van der Waals surface area contributed by atoms with Gasteiger partial charge < -0.3 is 10.8 Å². The second-order valence-electron chi connectivity index (χ2n) is 4.06. The highest BCUT2D eigenvalue weighted by atomic mass is 35.5. The van der Waals surface area contributed by atoms with Crippen LogP contribution in [0.2, 0.25) is 5.02 Å². The van der Waals surface area contributed by atoms with Gasteiger partial charge in [0.15, 0.2) is 0 Å². The molecule has 0 fully saturated rings. The van der Waals surface area contributed by atoms with Crippen molar-refractivity contribution in [3.63, 3.8) is 0 Å². The van der Waals surface area contributed by atoms with Crippen LogP contribution in [0, 0.1) is 5.82 Å². The Labute approximate surface area is 109 Å². The van der Waals surface area contributed by atoms with Gasteiger partial charge in [-0.25, -0.2) is 4.39 Å². The number of anilines is 1. The molecule has 3 N–H and O–H groups in total. The van der Waals surface area contributed by atoms with E-state index in [1.807, 2.05) is 0 Å². The van der Waals surface area contributed by atoms with Crippen LogP contribution >= 0.6 is 11.6 Å². The number of halogens is 2. The van der Waals surface area contributed by atoms with E-state index in [1.165, 1.54) is 16.9 Å². The largest absolute Gasteiger partial charge is 0.388 e. The van der Waals surface area contributed by atoms with Crippen LogP contribution in [-0.4, -0.2) is 14.9 Å². The SMILES string of the molecule is Cn1ncc(C(O)Cc2ccc(Cl)cc2F)c1N. The zero-order valence-electron chi connectivity index (χ0n) is 9.77. The van der Waals surface area contributed by atoms with Crippen molar-refractivity contribution in [3.8, 4) is 0 Å².